The molecular formula is C17H20N2O2. The van der Waals surface area contributed by atoms with Gasteiger partial charge in [-0.3, -0.25) is 4.79 Å². The lowest BCUT2D eigenvalue weighted by Crippen LogP contribution is -2.28. The Bertz CT molecular complexity index is 570. The smallest absolute Gasteiger partial charge is 0.238 e. The highest BCUT2D eigenvalue weighted by molar-refractivity contribution is 5.93. The van der Waals surface area contributed by atoms with Crippen LogP contribution in [0.15, 0.2) is 54.6 Å². The number of rotatable bonds is 7. The molecule has 1 amide bonds. The molecule has 2 aromatic carbocycles. The fourth-order valence-corrected chi connectivity index (χ4v) is 1.85. The van der Waals surface area contributed by atoms with Gasteiger partial charge in [0.15, 0.2) is 5.75 Å². The van der Waals surface area contributed by atoms with Crippen molar-refractivity contribution in [1.29, 1.82) is 0 Å². The van der Waals surface area contributed by atoms with E-state index in [9.17, 15) is 4.79 Å². The first-order valence-electron chi connectivity index (χ1n) is 7.12. The van der Waals surface area contributed by atoms with Gasteiger partial charge in [-0.15, -0.1) is 0 Å². The van der Waals surface area contributed by atoms with Crippen molar-refractivity contribution in [2.45, 2.75) is 13.3 Å². The molecule has 0 saturated heterocycles. The molecule has 0 aliphatic carbocycles. The molecule has 2 aromatic rings. The van der Waals surface area contributed by atoms with Gasteiger partial charge in [0.1, 0.15) is 5.75 Å². The maximum absolute atomic E-state index is 11.9. The quantitative estimate of drug-likeness (QED) is 0.766. The molecule has 0 spiro atoms. The van der Waals surface area contributed by atoms with Crippen molar-refractivity contribution in [2.75, 3.05) is 18.4 Å². The molecule has 4 nitrogen and oxygen atoms in total. The summed E-state index contributed by atoms with van der Waals surface area (Å²) in [5.41, 5.74) is 0.671. The van der Waals surface area contributed by atoms with Gasteiger partial charge in [0, 0.05) is 0 Å². The average molecular weight is 284 g/mol. The Morgan fingerprint density at radius 2 is 1.76 bits per heavy atom. The molecular weight excluding hydrogens is 264 g/mol. The molecule has 0 unspecified atom stereocenters. The first-order valence-corrected chi connectivity index (χ1v) is 7.12. The number of nitrogens with one attached hydrogen (secondary N) is 2. The fourth-order valence-electron chi connectivity index (χ4n) is 1.85. The summed E-state index contributed by atoms with van der Waals surface area (Å²) in [5, 5.41) is 5.93. The minimum Gasteiger partial charge on any atom is -0.455 e. The zero-order valence-electron chi connectivity index (χ0n) is 12.1. The summed E-state index contributed by atoms with van der Waals surface area (Å²) in [4.78, 5) is 11.9. The molecule has 0 heterocycles. The van der Waals surface area contributed by atoms with Gasteiger partial charge in [0.25, 0.3) is 0 Å². The maximum atomic E-state index is 11.9. The lowest BCUT2D eigenvalue weighted by atomic mass is 10.3. The number of carbonyl (C=O) groups excluding carboxylic acids is 1. The highest BCUT2D eigenvalue weighted by Gasteiger charge is 2.07. The Morgan fingerprint density at radius 1 is 1.05 bits per heavy atom. The minimum atomic E-state index is -0.0763. The number of amides is 1. The summed E-state index contributed by atoms with van der Waals surface area (Å²) >= 11 is 0. The van der Waals surface area contributed by atoms with Gasteiger partial charge in [0.05, 0.1) is 12.2 Å². The second kappa shape index (κ2) is 8.07. The zero-order valence-corrected chi connectivity index (χ0v) is 12.1. The van der Waals surface area contributed by atoms with E-state index < -0.39 is 0 Å². The van der Waals surface area contributed by atoms with Crippen molar-refractivity contribution in [1.82, 2.24) is 5.32 Å². The SMILES string of the molecule is CCCNCC(=O)Nc1ccccc1Oc1ccccc1. The summed E-state index contributed by atoms with van der Waals surface area (Å²) in [6.45, 7) is 3.19. The molecule has 21 heavy (non-hydrogen) atoms. The van der Waals surface area contributed by atoms with Crippen LogP contribution < -0.4 is 15.4 Å². The summed E-state index contributed by atoms with van der Waals surface area (Å²) in [7, 11) is 0. The second-order valence-electron chi connectivity index (χ2n) is 4.64. The second-order valence-corrected chi connectivity index (χ2v) is 4.64. The van der Waals surface area contributed by atoms with Crippen LogP contribution in [-0.2, 0) is 4.79 Å². The van der Waals surface area contributed by atoms with Crippen molar-refractivity contribution in [3.05, 3.63) is 54.6 Å². The number of benzene rings is 2. The van der Waals surface area contributed by atoms with E-state index >= 15 is 0 Å². The minimum absolute atomic E-state index is 0.0763. The summed E-state index contributed by atoms with van der Waals surface area (Å²) < 4.78 is 5.80. The van der Waals surface area contributed by atoms with Crippen LogP contribution in [0.2, 0.25) is 0 Å². The van der Waals surface area contributed by atoms with Crippen molar-refractivity contribution in [2.24, 2.45) is 0 Å². The monoisotopic (exact) mass is 284 g/mol. The lowest BCUT2D eigenvalue weighted by Gasteiger charge is -2.12. The molecule has 0 aliphatic rings. The van der Waals surface area contributed by atoms with Crippen LogP contribution in [0.1, 0.15) is 13.3 Å². The van der Waals surface area contributed by atoms with Gasteiger partial charge in [-0.05, 0) is 37.2 Å². The van der Waals surface area contributed by atoms with E-state index in [0.29, 0.717) is 18.0 Å². The number of ether oxygens (including phenoxy) is 1. The third kappa shape index (κ3) is 4.93. The molecule has 0 aromatic heterocycles. The summed E-state index contributed by atoms with van der Waals surface area (Å²) in [6.07, 6.45) is 1.00. The number of hydrogen-bond donors (Lipinski definition) is 2. The number of carbonyl (C=O) groups is 1. The molecule has 2 rings (SSSR count). The third-order valence-corrected chi connectivity index (χ3v) is 2.84. The predicted octanol–water partition coefficient (Wildman–Crippen LogP) is 3.42. The van der Waals surface area contributed by atoms with Gasteiger partial charge in [-0.25, -0.2) is 0 Å². The van der Waals surface area contributed by atoms with Crippen LogP contribution in [0.3, 0.4) is 0 Å². The van der Waals surface area contributed by atoms with Crippen LogP contribution >= 0.6 is 0 Å². The van der Waals surface area contributed by atoms with E-state index in [0.717, 1.165) is 18.7 Å². The largest absolute Gasteiger partial charge is 0.455 e. The average Bonchev–Trinajstić information content (AvgIpc) is 2.51. The molecule has 0 aliphatic heterocycles. The van der Waals surface area contributed by atoms with E-state index in [2.05, 4.69) is 17.6 Å². The molecule has 0 saturated carbocycles. The zero-order chi connectivity index (χ0) is 14.9. The van der Waals surface area contributed by atoms with Crippen LogP contribution in [-0.4, -0.2) is 19.0 Å². The number of anilines is 1. The Kier molecular flexibility index (Phi) is 5.79. The topological polar surface area (TPSA) is 50.4 Å². The van der Waals surface area contributed by atoms with E-state index in [-0.39, 0.29) is 5.91 Å². The Hall–Kier alpha value is -2.33. The van der Waals surface area contributed by atoms with Crippen LogP contribution in [0.5, 0.6) is 11.5 Å². The standard InChI is InChI=1S/C17H20N2O2/c1-2-12-18-13-17(20)19-15-10-6-7-11-16(15)21-14-8-4-3-5-9-14/h3-11,18H,2,12-13H2,1H3,(H,19,20). The van der Waals surface area contributed by atoms with Crippen molar-refractivity contribution < 1.29 is 9.53 Å². The number of para-hydroxylation sites is 3. The molecule has 0 fully saturated rings. The van der Waals surface area contributed by atoms with Crippen molar-refractivity contribution in [3.63, 3.8) is 0 Å². The Labute approximate surface area is 125 Å². The highest BCUT2D eigenvalue weighted by atomic mass is 16.5. The first-order chi connectivity index (χ1) is 10.3. The van der Waals surface area contributed by atoms with E-state index in [1.807, 2.05) is 54.6 Å². The number of hydrogen-bond acceptors (Lipinski definition) is 3. The Morgan fingerprint density at radius 3 is 2.52 bits per heavy atom. The van der Waals surface area contributed by atoms with Gasteiger partial charge in [-0.1, -0.05) is 37.3 Å². The summed E-state index contributed by atoms with van der Waals surface area (Å²) in [6, 6.07) is 16.9. The van der Waals surface area contributed by atoms with Gasteiger partial charge in [0.2, 0.25) is 5.91 Å². The normalized spacial score (nSPS) is 10.1. The highest BCUT2D eigenvalue weighted by Crippen LogP contribution is 2.28. The molecule has 2 N–H and O–H groups in total. The molecule has 110 valence electrons. The van der Waals surface area contributed by atoms with E-state index in [4.69, 9.17) is 4.74 Å². The predicted molar refractivity (Wildman–Crippen MR) is 84.7 cm³/mol. The lowest BCUT2D eigenvalue weighted by molar-refractivity contribution is -0.115. The van der Waals surface area contributed by atoms with Gasteiger partial charge < -0.3 is 15.4 Å². The van der Waals surface area contributed by atoms with E-state index in [1.165, 1.54) is 0 Å². The maximum Gasteiger partial charge on any atom is 0.238 e. The van der Waals surface area contributed by atoms with Crippen molar-refractivity contribution in [3.8, 4) is 11.5 Å². The van der Waals surface area contributed by atoms with Gasteiger partial charge in [-0.2, -0.15) is 0 Å². The first kappa shape index (κ1) is 15.1. The molecule has 0 radical (unpaired) electrons. The molecule has 0 bridgehead atoms. The molecule has 0 atom stereocenters. The fraction of sp³-hybridized carbons (Fsp3) is 0.235. The summed E-state index contributed by atoms with van der Waals surface area (Å²) in [5.74, 6) is 1.29. The van der Waals surface area contributed by atoms with Gasteiger partial charge >= 0.3 is 0 Å². The third-order valence-electron chi connectivity index (χ3n) is 2.84. The molecule has 4 heteroatoms. The Balaban J connectivity index is 2.01. The van der Waals surface area contributed by atoms with E-state index in [1.54, 1.807) is 0 Å². The van der Waals surface area contributed by atoms with Crippen molar-refractivity contribution >= 4 is 11.6 Å². The van der Waals surface area contributed by atoms with Crippen LogP contribution in [0.25, 0.3) is 0 Å². The van der Waals surface area contributed by atoms with Crippen LogP contribution in [0.4, 0.5) is 5.69 Å². The van der Waals surface area contributed by atoms with Crippen LogP contribution in [0, 0.1) is 0 Å².